The minimum atomic E-state index is -3.55. The van der Waals surface area contributed by atoms with Crippen molar-refractivity contribution in [3.63, 3.8) is 0 Å². The van der Waals surface area contributed by atoms with Gasteiger partial charge in [-0.1, -0.05) is 20.3 Å². The Bertz CT molecular complexity index is 690. The molecule has 3 fully saturated rings. The monoisotopic (exact) mass is 473 g/mol. The maximum atomic E-state index is 13.2. The minimum Gasteiger partial charge on any atom is -0.330 e. The molecule has 3 aliphatic rings. The number of piperidine rings is 1. The van der Waals surface area contributed by atoms with Gasteiger partial charge in [-0.3, -0.25) is 4.90 Å². The van der Waals surface area contributed by atoms with Gasteiger partial charge in [0.2, 0.25) is 10.0 Å². The maximum Gasteiger partial charge on any atom is 0.217 e. The molecule has 2 aliphatic heterocycles. The molecule has 0 bridgehead atoms. The molecule has 0 spiro atoms. The van der Waals surface area contributed by atoms with E-state index in [0.29, 0.717) is 24.5 Å². The molecule has 10 heteroatoms. The van der Waals surface area contributed by atoms with E-state index in [1.165, 1.54) is 6.42 Å². The first-order chi connectivity index (χ1) is 15.2. The van der Waals surface area contributed by atoms with Crippen LogP contribution in [0.4, 0.5) is 0 Å². The van der Waals surface area contributed by atoms with E-state index < -0.39 is 15.3 Å². The van der Waals surface area contributed by atoms with E-state index in [0.717, 1.165) is 51.7 Å². The molecular formula is C22H47N7O2S. The lowest BCUT2D eigenvalue weighted by atomic mass is 9.81. The molecule has 2 heterocycles. The Morgan fingerprint density at radius 2 is 2.00 bits per heavy atom. The second-order valence-corrected chi connectivity index (χ2v) is 12.8. The summed E-state index contributed by atoms with van der Waals surface area (Å²) < 4.78 is 29.3. The molecule has 0 amide bonds. The van der Waals surface area contributed by atoms with E-state index >= 15 is 0 Å². The number of nitrogens with zero attached hydrogens (tertiary/aromatic N) is 1. The molecule has 9 nitrogen and oxygen atoms in total. The Kier molecular flexibility index (Phi) is 9.36. The van der Waals surface area contributed by atoms with Crippen LogP contribution >= 0.6 is 0 Å². The highest BCUT2D eigenvalue weighted by molar-refractivity contribution is 7.90. The fourth-order valence-corrected chi connectivity index (χ4v) is 7.32. The number of likely N-dealkylation sites (tertiary alicyclic amines) is 1. The lowest BCUT2D eigenvalue weighted by Crippen LogP contribution is -2.59. The van der Waals surface area contributed by atoms with Crippen LogP contribution < -0.4 is 32.1 Å². The van der Waals surface area contributed by atoms with Crippen molar-refractivity contribution in [1.29, 1.82) is 0 Å². The number of sulfonamides is 1. The molecule has 1 saturated carbocycles. The van der Waals surface area contributed by atoms with E-state index in [1.54, 1.807) is 0 Å². The van der Waals surface area contributed by atoms with Crippen molar-refractivity contribution in [1.82, 2.24) is 25.6 Å². The summed E-state index contributed by atoms with van der Waals surface area (Å²) >= 11 is 0. The zero-order valence-corrected chi connectivity index (χ0v) is 21.1. The van der Waals surface area contributed by atoms with E-state index in [4.69, 9.17) is 11.5 Å². The third-order valence-corrected chi connectivity index (χ3v) is 9.74. The van der Waals surface area contributed by atoms with Gasteiger partial charge in [-0.2, -0.15) is 0 Å². The fraction of sp³-hybridized carbons (Fsp3) is 1.00. The van der Waals surface area contributed by atoms with Crippen LogP contribution in [0, 0.1) is 11.3 Å². The van der Waals surface area contributed by atoms with Crippen LogP contribution in [0.5, 0.6) is 0 Å². The molecule has 0 radical (unpaired) electrons. The summed E-state index contributed by atoms with van der Waals surface area (Å²) in [5, 5.41) is 9.61. The standard InChI is InChI=1S/C22H47N7O2S/c1-22(2)8-10-29(15-22)17-7-9-26-20(11-17)27-14-18(13-24)32(30,31)28-19-6-4-5-16(12-23)21(19)25-3/h16-21,25-28H,4-15,23-24H2,1-3H3. The van der Waals surface area contributed by atoms with Crippen molar-refractivity contribution < 1.29 is 8.42 Å². The van der Waals surface area contributed by atoms with Gasteiger partial charge in [-0.05, 0) is 70.1 Å². The molecule has 0 aromatic rings. The van der Waals surface area contributed by atoms with Gasteiger partial charge >= 0.3 is 0 Å². The molecular weight excluding hydrogens is 426 g/mol. The zero-order valence-electron chi connectivity index (χ0n) is 20.3. The Morgan fingerprint density at radius 1 is 1.22 bits per heavy atom. The van der Waals surface area contributed by atoms with Crippen molar-refractivity contribution in [2.75, 3.05) is 46.3 Å². The SMILES string of the molecule is CNC1C(CN)CCCC1NS(=O)(=O)C(CN)CNC1CC(N2CCC(C)(C)C2)CCN1. The molecule has 6 unspecified atom stereocenters. The average molecular weight is 474 g/mol. The van der Waals surface area contributed by atoms with Gasteiger partial charge in [0.15, 0.2) is 0 Å². The van der Waals surface area contributed by atoms with Gasteiger partial charge in [0, 0.05) is 37.8 Å². The second kappa shape index (κ2) is 11.4. The van der Waals surface area contributed by atoms with Crippen LogP contribution in [0.1, 0.15) is 52.4 Å². The van der Waals surface area contributed by atoms with Crippen molar-refractivity contribution in [3.05, 3.63) is 0 Å². The van der Waals surface area contributed by atoms with Gasteiger partial charge in [-0.15, -0.1) is 0 Å². The Labute approximate surface area is 195 Å². The summed E-state index contributed by atoms with van der Waals surface area (Å²) in [6.45, 7) is 8.94. The van der Waals surface area contributed by atoms with Crippen LogP contribution in [0.2, 0.25) is 0 Å². The highest BCUT2D eigenvalue weighted by Crippen LogP contribution is 2.32. The predicted molar refractivity (Wildman–Crippen MR) is 131 cm³/mol. The molecule has 8 N–H and O–H groups in total. The smallest absolute Gasteiger partial charge is 0.217 e. The first-order valence-electron chi connectivity index (χ1n) is 12.5. The highest BCUT2D eigenvalue weighted by Gasteiger charge is 2.38. The first kappa shape index (κ1) is 26.3. The van der Waals surface area contributed by atoms with Gasteiger partial charge in [0.05, 0.1) is 6.17 Å². The van der Waals surface area contributed by atoms with E-state index in [2.05, 4.69) is 39.4 Å². The highest BCUT2D eigenvalue weighted by atomic mass is 32.2. The summed E-state index contributed by atoms with van der Waals surface area (Å²) in [5.41, 5.74) is 12.3. The Balaban J connectivity index is 1.53. The van der Waals surface area contributed by atoms with Crippen LogP contribution in [0.3, 0.4) is 0 Å². The molecule has 0 aromatic heterocycles. The van der Waals surface area contributed by atoms with Gasteiger partial charge < -0.3 is 27.4 Å². The molecule has 6 atom stereocenters. The number of rotatable bonds is 10. The quantitative estimate of drug-likeness (QED) is 0.246. The molecule has 1 aliphatic carbocycles. The van der Waals surface area contributed by atoms with Crippen LogP contribution in [0.15, 0.2) is 0 Å². The van der Waals surface area contributed by atoms with Crippen LogP contribution in [-0.4, -0.2) is 89.2 Å². The minimum absolute atomic E-state index is 0.0559. The maximum absolute atomic E-state index is 13.2. The molecule has 2 saturated heterocycles. The number of hydrogen-bond acceptors (Lipinski definition) is 8. The first-order valence-corrected chi connectivity index (χ1v) is 14.0. The second-order valence-electron chi connectivity index (χ2n) is 10.8. The summed E-state index contributed by atoms with van der Waals surface area (Å²) in [4.78, 5) is 2.61. The average Bonchev–Trinajstić information content (AvgIpc) is 3.13. The Hall–Kier alpha value is -0.330. The summed E-state index contributed by atoms with van der Waals surface area (Å²) in [6.07, 6.45) is 6.33. The number of nitrogens with two attached hydrogens (primary N) is 2. The van der Waals surface area contributed by atoms with Gasteiger partial charge in [-0.25, -0.2) is 13.1 Å². The zero-order chi connectivity index (χ0) is 23.4. The van der Waals surface area contributed by atoms with Crippen molar-refractivity contribution in [2.24, 2.45) is 22.8 Å². The largest absolute Gasteiger partial charge is 0.330 e. The lowest BCUT2D eigenvalue weighted by molar-refractivity contribution is 0.150. The van der Waals surface area contributed by atoms with Crippen molar-refractivity contribution in [3.8, 4) is 0 Å². The summed E-state index contributed by atoms with van der Waals surface area (Å²) in [7, 11) is -1.67. The number of likely N-dealkylation sites (N-methyl/N-ethyl adjacent to an activating group) is 1. The lowest BCUT2D eigenvalue weighted by Gasteiger charge is -2.39. The number of nitrogens with one attached hydrogen (secondary N) is 4. The third kappa shape index (κ3) is 6.63. The van der Waals surface area contributed by atoms with E-state index in [-0.39, 0.29) is 30.7 Å². The topological polar surface area (TPSA) is 138 Å². The molecule has 188 valence electrons. The molecule has 3 rings (SSSR count). The van der Waals surface area contributed by atoms with E-state index in [1.807, 2.05) is 7.05 Å². The van der Waals surface area contributed by atoms with Crippen molar-refractivity contribution in [2.45, 2.75) is 81.9 Å². The normalized spacial score (nSPS) is 35.1. The molecule has 32 heavy (non-hydrogen) atoms. The molecule has 0 aromatic carbocycles. The third-order valence-electron chi connectivity index (χ3n) is 7.88. The summed E-state index contributed by atoms with van der Waals surface area (Å²) in [6, 6.07) is 0.464. The van der Waals surface area contributed by atoms with E-state index in [9.17, 15) is 8.42 Å². The fourth-order valence-electron chi connectivity index (χ4n) is 5.87. The summed E-state index contributed by atoms with van der Waals surface area (Å²) in [5.74, 6) is 0.287. The predicted octanol–water partition coefficient (Wildman–Crippen LogP) is -0.652. The van der Waals surface area contributed by atoms with Gasteiger partial charge in [0.25, 0.3) is 0 Å². The Morgan fingerprint density at radius 3 is 2.62 bits per heavy atom. The van der Waals surface area contributed by atoms with Crippen LogP contribution in [-0.2, 0) is 10.0 Å². The van der Waals surface area contributed by atoms with Crippen molar-refractivity contribution >= 4 is 10.0 Å². The van der Waals surface area contributed by atoms with Gasteiger partial charge in [0.1, 0.15) is 5.25 Å². The van der Waals surface area contributed by atoms with Crippen LogP contribution in [0.25, 0.3) is 0 Å². The number of hydrogen-bond donors (Lipinski definition) is 6.